The third kappa shape index (κ3) is 1.46. The molecule has 1 aromatic carbocycles. The fourth-order valence-electron chi connectivity index (χ4n) is 1.71. The van der Waals surface area contributed by atoms with Gasteiger partial charge in [0, 0.05) is 23.1 Å². The number of rotatable bonds is 0. The average molecular weight is 197 g/mol. The summed E-state index contributed by atoms with van der Waals surface area (Å²) in [5, 5.41) is 0. The van der Waals surface area contributed by atoms with Crippen LogP contribution in [0.4, 0.5) is 4.39 Å². The van der Waals surface area contributed by atoms with Gasteiger partial charge < -0.3 is 5.73 Å². The number of hydrogen-bond acceptors (Lipinski definition) is 2. The van der Waals surface area contributed by atoms with Crippen LogP contribution < -0.4 is 5.73 Å². The largest absolute Gasteiger partial charge is 0.323 e. The van der Waals surface area contributed by atoms with Crippen LogP contribution in [0.5, 0.6) is 0 Å². The second kappa shape index (κ2) is 3.31. The van der Waals surface area contributed by atoms with Crippen molar-refractivity contribution in [3.63, 3.8) is 0 Å². The van der Waals surface area contributed by atoms with E-state index in [1.807, 2.05) is 13.0 Å². The van der Waals surface area contributed by atoms with Crippen molar-refractivity contribution in [2.75, 3.05) is 5.75 Å². The van der Waals surface area contributed by atoms with Crippen LogP contribution >= 0.6 is 11.8 Å². The van der Waals surface area contributed by atoms with E-state index >= 15 is 0 Å². The summed E-state index contributed by atoms with van der Waals surface area (Å²) in [6.45, 7) is 2.01. The summed E-state index contributed by atoms with van der Waals surface area (Å²) in [6, 6.07) is 3.21. The Morgan fingerprint density at radius 2 is 2.31 bits per heavy atom. The highest BCUT2D eigenvalue weighted by Crippen LogP contribution is 2.33. The highest BCUT2D eigenvalue weighted by Gasteiger charge is 2.21. The Bertz CT molecular complexity index is 338. The maximum atomic E-state index is 13.4. The first-order valence-electron chi connectivity index (χ1n) is 4.31. The molecule has 3 heteroatoms. The maximum Gasteiger partial charge on any atom is 0.128 e. The molecule has 2 rings (SSSR count). The second-order valence-corrected chi connectivity index (χ2v) is 4.41. The molecule has 1 heterocycles. The number of benzene rings is 1. The molecule has 0 aliphatic carbocycles. The smallest absolute Gasteiger partial charge is 0.128 e. The van der Waals surface area contributed by atoms with Gasteiger partial charge in [-0.05, 0) is 24.1 Å². The molecule has 1 aromatic rings. The summed E-state index contributed by atoms with van der Waals surface area (Å²) in [4.78, 5) is 0. The van der Waals surface area contributed by atoms with Crippen LogP contribution in [0, 0.1) is 12.7 Å². The molecule has 0 saturated carbocycles. The first-order chi connectivity index (χ1) is 6.20. The minimum atomic E-state index is -0.145. The van der Waals surface area contributed by atoms with E-state index in [-0.39, 0.29) is 11.9 Å². The Kier molecular flexibility index (Phi) is 2.30. The minimum absolute atomic E-state index is 0.131. The van der Waals surface area contributed by atoms with Crippen LogP contribution in [0.1, 0.15) is 22.7 Å². The molecule has 0 spiro atoms. The highest BCUT2D eigenvalue weighted by atomic mass is 32.2. The topological polar surface area (TPSA) is 26.0 Å². The fraction of sp³-hybridized carbons (Fsp3) is 0.400. The Hall–Kier alpha value is -0.540. The van der Waals surface area contributed by atoms with E-state index in [0.29, 0.717) is 0 Å². The van der Waals surface area contributed by atoms with Gasteiger partial charge in [0.25, 0.3) is 0 Å². The zero-order valence-electron chi connectivity index (χ0n) is 7.51. The molecule has 0 amide bonds. The van der Waals surface area contributed by atoms with E-state index in [4.69, 9.17) is 5.73 Å². The Labute approximate surface area is 81.5 Å². The molecule has 1 atom stereocenters. The van der Waals surface area contributed by atoms with Crippen LogP contribution in [0.15, 0.2) is 12.1 Å². The van der Waals surface area contributed by atoms with E-state index in [1.165, 1.54) is 6.07 Å². The standard InChI is InChI=1S/C10H12FNS/c1-6-2-3-8(11)10-7(6)4-13-5-9(10)12/h2-3,9H,4-5,12H2,1H3. The molecule has 0 aromatic heterocycles. The van der Waals surface area contributed by atoms with Crippen LogP contribution in [-0.4, -0.2) is 5.75 Å². The highest BCUT2D eigenvalue weighted by molar-refractivity contribution is 7.98. The Balaban J connectivity index is 2.60. The summed E-state index contributed by atoms with van der Waals surface area (Å²) >= 11 is 1.78. The second-order valence-electron chi connectivity index (χ2n) is 3.38. The van der Waals surface area contributed by atoms with Crippen molar-refractivity contribution >= 4 is 11.8 Å². The lowest BCUT2D eigenvalue weighted by Crippen LogP contribution is -2.21. The lowest BCUT2D eigenvalue weighted by Gasteiger charge is -2.23. The first kappa shape index (κ1) is 9.03. The van der Waals surface area contributed by atoms with Gasteiger partial charge in [0.2, 0.25) is 0 Å². The van der Waals surface area contributed by atoms with Crippen molar-refractivity contribution < 1.29 is 4.39 Å². The zero-order valence-corrected chi connectivity index (χ0v) is 8.33. The van der Waals surface area contributed by atoms with E-state index in [2.05, 4.69) is 0 Å². The van der Waals surface area contributed by atoms with Gasteiger partial charge in [-0.3, -0.25) is 0 Å². The van der Waals surface area contributed by atoms with Gasteiger partial charge in [-0.1, -0.05) is 6.07 Å². The molecular weight excluding hydrogens is 185 g/mol. The number of hydrogen-bond donors (Lipinski definition) is 1. The summed E-state index contributed by atoms with van der Waals surface area (Å²) in [5.41, 5.74) is 8.84. The van der Waals surface area contributed by atoms with Gasteiger partial charge in [0.05, 0.1) is 0 Å². The number of halogens is 1. The summed E-state index contributed by atoms with van der Waals surface area (Å²) in [5.74, 6) is 1.58. The minimum Gasteiger partial charge on any atom is -0.323 e. The van der Waals surface area contributed by atoms with Crippen LogP contribution in [0.3, 0.4) is 0 Å². The van der Waals surface area contributed by atoms with E-state index in [1.54, 1.807) is 11.8 Å². The summed E-state index contributed by atoms with van der Waals surface area (Å²) in [7, 11) is 0. The number of fused-ring (bicyclic) bond motifs is 1. The van der Waals surface area contributed by atoms with Gasteiger partial charge in [-0.2, -0.15) is 11.8 Å². The number of thioether (sulfide) groups is 1. The van der Waals surface area contributed by atoms with Crippen LogP contribution in [0.25, 0.3) is 0 Å². The van der Waals surface area contributed by atoms with E-state index in [9.17, 15) is 4.39 Å². The predicted molar refractivity (Wildman–Crippen MR) is 54.2 cm³/mol. The van der Waals surface area contributed by atoms with Crippen LogP contribution in [0.2, 0.25) is 0 Å². The average Bonchev–Trinajstić information content (AvgIpc) is 2.12. The molecule has 1 nitrogen and oxygen atoms in total. The van der Waals surface area contributed by atoms with Gasteiger partial charge >= 0.3 is 0 Å². The van der Waals surface area contributed by atoms with Gasteiger partial charge in [0.15, 0.2) is 0 Å². The zero-order chi connectivity index (χ0) is 9.42. The Morgan fingerprint density at radius 1 is 1.54 bits per heavy atom. The van der Waals surface area contributed by atoms with Gasteiger partial charge in [0.1, 0.15) is 5.82 Å². The molecule has 0 saturated heterocycles. The molecule has 0 bridgehead atoms. The molecule has 70 valence electrons. The molecule has 0 fully saturated rings. The SMILES string of the molecule is Cc1ccc(F)c2c1CSCC2N. The van der Waals surface area contributed by atoms with Crippen molar-refractivity contribution in [3.05, 3.63) is 34.6 Å². The molecule has 2 N–H and O–H groups in total. The molecule has 1 aliphatic heterocycles. The molecular formula is C10H12FNS. The van der Waals surface area contributed by atoms with Crippen LogP contribution in [-0.2, 0) is 5.75 Å². The van der Waals surface area contributed by atoms with Crippen molar-refractivity contribution in [3.8, 4) is 0 Å². The van der Waals surface area contributed by atoms with E-state index in [0.717, 1.165) is 28.2 Å². The normalized spacial score (nSPS) is 21.3. The summed E-state index contributed by atoms with van der Waals surface area (Å²) < 4.78 is 13.4. The first-order valence-corrected chi connectivity index (χ1v) is 5.47. The van der Waals surface area contributed by atoms with Crippen molar-refractivity contribution in [2.24, 2.45) is 5.73 Å². The monoisotopic (exact) mass is 197 g/mol. The third-order valence-corrected chi connectivity index (χ3v) is 3.54. The number of aryl methyl sites for hydroxylation is 1. The fourth-order valence-corrected chi connectivity index (χ4v) is 2.83. The number of nitrogens with two attached hydrogens (primary N) is 1. The quantitative estimate of drug-likeness (QED) is 0.691. The molecule has 13 heavy (non-hydrogen) atoms. The third-order valence-electron chi connectivity index (χ3n) is 2.45. The molecule has 0 radical (unpaired) electrons. The van der Waals surface area contributed by atoms with E-state index < -0.39 is 0 Å². The van der Waals surface area contributed by atoms with Crippen molar-refractivity contribution in [2.45, 2.75) is 18.7 Å². The lowest BCUT2D eigenvalue weighted by molar-refractivity contribution is 0.589. The lowest BCUT2D eigenvalue weighted by atomic mass is 9.97. The molecule has 1 unspecified atom stereocenters. The Morgan fingerprint density at radius 3 is 3.00 bits per heavy atom. The van der Waals surface area contributed by atoms with Crippen molar-refractivity contribution in [1.82, 2.24) is 0 Å². The summed E-state index contributed by atoms with van der Waals surface area (Å²) in [6.07, 6.45) is 0. The maximum absolute atomic E-state index is 13.4. The molecule has 1 aliphatic rings. The predicted octanol–water partition coefficient (Wildman–Crippen LogP) is 2.38. The van der Waals surface area contributed by atoms with Gasteiger partial charge in [-0.15, -0.1) is 0 Å². The van der Waals surface area contributed by atoms with Crippen molar-refractivity contribution in [1.29, 1.82) is 0 Å². The van der Waals surface area contributed by atoms with Gasteiger partial charge in [-0.25, -0.2) is 4.39 Å².